The number of aromatic nitrogens is 2. The molecule has 0 spiro atoms. The Kier molecular flexibility index (Phi) is 3.01. The molecule has 0 amide bonds. The zero-order valence-electron chi connectivity index (χ0n) is 12.2. The standard InChI is InChI=1S/C19H14N2O2/c22-16(18-14-7-3-1-5-12(14)10-20-18)9-17(23)19-15-8-4-2-6-13(15)11-21-19/h1-11,20-22H/b16-9-. The summed E-state index contributed by atoms with van der Waals surface area (Å²) in [5.41, 5.74) is 1.02. The molecule has 0 aliphatic heterocycles. The van der Waals surface area contributed by atoms with E-state index in [1.807, 2.05) is 54.7 Å². The number of hydrogen-bond acceptors (Lipinski definition) is 2. The average Bonchev–Trinajstić information content (AvgIpc) is 3.19. The van der Waals surface area contributed by atoms with E-state index in [9.17, 15) is 9.90 Å². The van der Waals surface area contributed by atoms with Crippen molar-refractivity contribution < 1.29 is 9.90 Å². The highest BCUT2D eigenvalue weighted by Gasteiger charge is 2.13. The van der Waals surface area contributed by atoms with Gasteiger partial charge in [0, 0.05) is 29.2 Å². The fourth-order valence-electron chi connectivity index (χ4n) is 2.84. The van der Waals surface area contributed by atoms with Gasteiger partial charge in [0.25, 0.3) is 0 Å². The summed E-state index contributed by atoms with van der Waals surface area (Å²) in [5.74, 6) is -0.336. The maximum atomic E-state index is 12.5. The van der Waals surface area contributed by atoms with Gasteiger partial charge in [0.15, 0.2) is 0 Å². The van der Waals surface area contributed by atoms with E-state index in [0.717, 1.165) is 21.5 Å². The highest BCUT2D eigenvalue weighted by molar-refractivity contribution is 6.15. The van der Waals surface area contributed by atoms with Crippen molar-refractivity contribution >= 4 is 33.1 Å². The first kappa shape index (κ1) is 13.4. The summed E-state index contributed by atoms with van der Waals surface area (Å²) in [6.45, 7) is 0. The maximum absolute atomic E-state index is 12.5. The van der Waals surface area contributed by atoms with Gasteiger partial charge in [-0.25, -0.2) is 0 Å². The van der Waals surface area contributed by atoms with Crippen LogP contribution in [0.25, 0.3) is 27.3 Å². The number of nitrogens with one attached hydrogen (secondary N) is 2. The Morgan fingerprint density at radius 1 is 0.826 bits per heavy atom. The first-order chi connectivity index (χ1) is 11.2. The molecule has 3 N–H and O–H groups in total. The van der Waals surface area contributed by atoms with Crippen molar-refractivity contribution in [2.24, 2.45) is 0 Å². The lowest BCUT2D eigenvalue weighted by atomic mass is 10.1. The number of rotatable bonds is 3. The number of carbonyl (C=O) groups excluding carboxylic acids is 1. The average molecular weight is 302 g/mol. The number of hydrogen-bond donors (Lipinski definition) is 3. The molecule has 0 saturated heterocycles. The third-order valence-corrected chi connectivity index (χ3v) is 3.97. The smallest absolute Gasteiger partial charge is 0.206 e. The largest absolute Gasteiger partial charge is 0.506 e. The van der Waals surface area contributed by atoms with Gasteiger partial charge < -0.3 is 15.1 Å². The molecule has 4 aromatic rings. The van der Waals surface area contributed by atoms with Crippen molar-refractivity contribution in [2.45, 2.75) is 0 Å². The predicted octanol–water partition coefficient (Wildman–Crippen LogP) is 4.43. The molecule has 0 radical (unpaired) electrons. The van der Waals surface area contributed by atoms with E-state index in [0.29, 0.717) is 11.4 Å². The number of aromatic amines is 2. The van der Waals surface area contributed by atoms with Gasteiger partial charge in [0.2, 0.25) is 5.78 Å². The van der Waals surface area contributed by atoms with Crippen LogP contribution in [-0.2, 0) is 0 Å². The van der Waals surface area contributed by atoms with Crippen molar-refractivity contribution in [3.8, 4) is 0 Å². The number of aliphatic hydroxyl groups excluding tert-OH is 1. The van der Waals surface area contributed by atoms with Crippen LogP contribution in [0, 0.1) is 0 Å². The Bertz CT molecular complexity index is 1050. The van der Waals surface area contributed by atoms with E-state index in [4.69, 9.17) is 0 Å². The molecule has 0 atom stereocenters. The molecule has 4 rings (SSSR count). The van der Waals surface area contributed by atoms with E-state index < -0.39 is 0 Å². The predicted molar refractivity (Wildman–Crippen MR) is 91.5 cm³/mol. The first-order valence-electron chi connectivity index (χ1n) is 7.31. The number of benzene rings is 2. The van der Waals surface area contributed by atoms with Crippen LogP contribution in [0.2, 0.25) is 0 Å². The molecule has 23 heavy (non-hydrogen) atoms. The number of allylic oxidation sites excluding steroid dienone is 1. The molecular formula is C19H14N2O2. The Hall–Kier alpha value is -3.27. The monoisotopic (exact) mass is 302 g/mol. The zero-order chi connectivity index (χ0) is 15.8. The van der Waals surface area contributed by atoms with E-state index >= 15 is 0 Å². The molecule has 0 aliphatic carbocycles. The minimum Gasteiger partial charge on any atom is -0.506 e. The van der Waals surface area contributed by atoms with E-state index in [1.165, 1.54) is 6.08 Å². The van der Waals surface area contributed by atoms with Crippen LogP contribution < -0.4 is 0 Å². The van der Waals surface area contributed by atoms with Gasteiger partial charge in [-0.15, -0.1) is 0 Å². The van der Waals surface area contributed by atoms with Gasteiger partial charge in [-0.1, -0.05) is 48.5 Å². The lowest BCUT2D eigenvalue weighted by Crippen LogP contribution is -1.98. The Morgan fingerprint density at radius 2 is 1.35 bits per heavy atom. The lowest BCUT2D eigenvalue weighted by molar-refractivity contribution is 0.104. The summed E-state index contributed by atoms with van der Waals surface area (Å²) in [7, 11) is 0. The van der Waals surface area contributed by atoms with Crippen molar-refractivity contribution in [3.63, 3.8) is 0 Å². The van der Waals surface area contributed by atoms with Crippen LogP contribution in [0.3, 0.4) is 0 Å². The maximum Gasteiger partial charge on any atom is 0.206 e. The van der Waals surface area contributed by atoms with Gasteiger partial charge >= 0.3 is 0 Å². The fourth-order valence-corrected chi connectivity index (χ4v) is 2.84. The quantitative estimate of drug-likeness (QED) is 0.298. The number of carbonyl (C=O) groups is 1. The molecule has 2 heterocycles. The van der Waals surface area contributed by atoms with Gasteiger partial charge in [0.1, 0.15) is 5.76 Å². The second kappa shape index (κ2) is 5.18. The van der Waals surface area contributed by atoms with Crippen LogP contribution in [-0.4, -0.2) is 20.9 Å². The fraction of sp³-hybridized carbons (Fsp3) is 0. The van der Waals surface area contributed by atoms with Gasteiger partial charge in [-0.2, -0.15) is 0 Å². The third-order valence-electron chi connectivity index (χ3n) is 3.97. The van der Waals surface area contributed by atoms with E-state index in [1.54, 1.807) is 6.20 Å². The van der Waals surface area contributed by atoms with Crippen molar-refractivity contribution in [2.75, 3.05) is 0 Å². The highest BCUT2D eigenvalue weighted by atomic mass is 16.3. The van der Waals surface area contributed by atoms with Gasteiger partial charge in [-0.05, 0) is 10.8 Å². The van der Waals surface area contributed by atoms with Crippen molar-refractivity contribution in [1.82, 2.24) is 9.97 Å². The van der Waals surface area contributed by atoms with Crippen LogP contribution in [0.4, 0.5) is 0 Å². The molecule has 0 aliphatic rings. The summed E-state index contributed by atoms with van der Waals surface area (Å²) < 4.78 is 0. The number of fused-ring (bicyclic) bond motifs is 2. The topological polar surface area (TPSA) is 68.9 Å². The molecule has 112 valence electrons. The molecule has 4 heteroatoms. The third kappa shape index (κ3) is 2.21. The normalized spacial score (nSPS) is 12.1. The summed E-state index contributed by atoms with van der Waals surface area (Å²) in [6.07, 6.45) is 4.84. The molecule has 0 saturated carbocycles. The minimum atomic E-state index is -0.262. The van der Waals surface area contributed by atoms with E-state index in [2.05, 4.69) is 9.97 Å². The van der Waals surface area contributed by atoms with Crippen molar-refractivity contribution in [1.29, 1.82) is 0 Å². The van der Waals surface area contributed by atoms with Crippen molar-refractivity contribution in [3.05, 3.63) is 78.4 Å². The number of H-pyrrole nitrogens is 2. The molecular weight excluding hydrogens is 288 g/mol. The summed E-state index contributed by atoms with van der Waals surface area (Å²) in [4.78, 5) is 18.5. The molecule has 0 unspecified atom stereocenters. The van der Waals surface area contributed by atoms with Gasteiger partial charge in [-0.3, -0.25) is 4.79 Å². The lowest BCUT2D eigenvalue weighted by Gasteiger charge is -1.99. The van der Waals surface area contributed by atoms with Crippen LogP contribution >= 0.6 is 0 Å². The summed E-state index contributed by atoms with van der Waals surface area (Å²) in [5, 5.41) is 14.0. The van der Waals surface area contributed by atoms with Gasteiger partial charge in [0.05, 0.1) is 11.4 Å². The minimum absolute atomic E-state index is 0.0742. The SMILES string of the molecule is O=C(/C=C(\O)c1[nH]cc2ccccc12)c1[nH]cc2ccccc12. The molecule has 0 bridgehead atoms. The van der Waals surface area contributed by atoms with Crippen LogP contribution in [0.1, 0.15) is 16.2 Å². The van der Waals surface area contributed by atoms with Crippen LogP contribution in [0.5, 0.6) is 0 Å². The number of ketones is 1. The molecule has 2 aromatic carbocycles. The Morgan fingerprint density at radius 3 is 2.00 bits per heavy atom. The Labute approximate surface area is 132 Å². The number of aliphatic hydroxyl groups is 1. The summed E-state index contributed by atoms with van der Waals surface area (Å²) >= 11 is 0. The molecule has 0 fully saturated rings. The molecule has 2 aromatic heterocycles. The van der Waals surface area contributed by atoms with Crippen LogP contribution in [0.15, 0.2) is 67.0 Å². The molecule has 4 nitrogen and oxygen atoms in total. The highest BCUT2D eigenvalue weighted by Crippen LogP contribution is 2.24. The van der Waals surface area contributed by atoms with E-state index in [-0.39, 0.29) is 11.5 Å². The second-order valence-corrected chi connectivity index (χ2v) is 5.40. The Balaban J connectivity index is 1.76. The first-order valence-corrected chi connectivity index (χ1v) is 7.31. The summed E-state index contributed by atoms with van der Waals surface area (Å²) in [6, 6.07) is 15.3. The second-order valence-electron chi connectivity index (χ2n) is 5.40. The zero-order valence-corrected chi connectivity index (χ0v) is 12.2.